The monoisotopic (exact) mass is 301 g/mol. The van der Waals surface area contributed by atoms with E-state index in [1.807, 2.05) is 0 Å². The lowest BCUT2D eigenvalue weighted by Gasteiger charge is -2.30. The van der Waals surface area contributed by atoms with Gasteiger partial charge in [0, 0.05) is 18.5 Å². The maximum atomic E-state index is 11.8. The summed E-state index contributed by atoms with van der Waals surface area (Å²) in [6, 6.07) is 6.90. The third-order valence-corrected chi connectivity index (χ3v) is 3.65. The molecule has 1 aromatic carbocycles. The van der Waals surface area contributed by atoms with Crippen molar-refractivity contribution in [3.63, 3.8) is 0 Å². The summed E-state index contributed by atoms with van der Waals surface area (Å²) in [5, 5.41) is 7.34. The summed E-state index contributed by atoms with van der Waals surface area (Å²) in [6.45, 7) is 1.20. The van der Waals surface area contributed by atoms with Gasteiger partial charge in [0.15, 0.2) is 6.61 Å². The minimum Gasteiger partial charge on any atom is -0.455 e. The fraction of sp³-hybridized carbons (Fsp3) is 0.333. The van der Waals surface area contributed by atoms with Crippen LogP contribution < -0.4 is 5.56 Å². The number of nitrogens with zero attached hydrogens (tertiary/aromatic N) is 2. The van der Waals surface area contributed by atoms with Crippen LogP contribution in [0.25, 0.3) is 10.8 Å². The lowest BCUT2D eigenvalue weighted by Crippen LogP contribution is -2.44. The summed E-state index contributed by atoms with van der Waals surface area (Å²) < 4.78 is 4.98. The number of rotatable bonds is 4. The molecule has 0 bridgehead atoms. The number of ether oxygens (including phenoxy) is 1. The van der Waals surface area contributed by atoms with Crippen molar-refractivity contribution < 1.29 is 14.3 Å². The lowest BCUT2D eigenvalue weighted by atomic mass is 10.1. The second kappa shape index (κ2) is 5.97. The SMILES string of the molecule is O=C(Cc1n[nH]c(=O)c2ccccc12)OCC(=O)N1CCC1. The predicted molar refractivity (Wildman–Crippen MR) is 78.2 cm³/mol. The number of hydrogen-bond donors (Lipinski definition) is 1. The highest BCUT2D eigenvalue weighted by Gasteiger charge is 2.21. The number of esters is 1. The number of carbonyl (C=O) groups excluding carboxylic acids is 2. The minimum absolute atomic E-state index is 0.0927. The zero-order valence-electron chi connectivity index (χ0n) is 11.9. The first kappa shape index (κ1) is 14.2. The summed E-state index contributed by atoms with van der Waals surface area (Å²) in [5.74, 6) is -0.725. The van der Waals surface area contributed by atoms with Gasteiger partial charge in [-0.3, -0.25) is 14.4 Å². The molecule has 0 unspecified atom stereocenters. The van der Waals surface area contributed by atoms with E-state index in [9.17, 15) is 14.4 Å². The number of likely N-dealkylation sites (tertiary alicyclic amines) is 1. The van der Waals surface area contributed by atoms with Crippen LogP contribution in [0.4, 0.5) is 0 Å². The van der Waals surface area contributed by atoms with E-state index in [1.165, 1.54) is 0 Å². The summed E-state index contributed by atoms with van der Waals surface area (Å²) in [6.07, 6.45) is 0.900. The average Bonchev–Trinajstić information content (AvgIpc) is 2.47. The molecule has 114 valence electrons. The fourth-order valence-corrected chi connectivity index (χ4v) is 2.29. The van der Waals surface area contributed by atoms with Gasteiger partial charge >= 0.3 is 5.97 Å². The fourth-order valence-electron chi connectivity index (χ4n) is 2.29. The minimum atomic E-state index is -0.543. The van der Waals surface area contributed by atoms with Crippen molar-refractivity contribution in [3.8, 4) is 0 Å². The molecule has 1 aromatic heterocycles. The maximum absolute atomic E-state index is 11.8. The van der Waals surface area contributed by atoms with Crippen molar-refractivity contribution >= 4 is 22.6 Å². The summed E-state index contributed by atoms with van der Waals surface area (Å²) >= 11 is 0. The highest BCUT2D eigenvalue weighted by Crippen LogP contribution is 2.13. The molecule has 2 heterocycles. The number of H-pyrrole nitrogens is 1. The number of fused-ring (bicyclic) bond motifs is 1. The van der Waals surface area contributed by atoms with Crippen LogP contribution in [0.15, 0.2) is 29.1 Å². The molecule has 22 heavy (non-hydrogen) atoms. The number of benzene rings is 1. The first-order valence-corrected chi connectivity index (χ1v) is 7.05. The molecule has 0 atom stereocenters. The van der Waals surface area contributed by atoms with Crippen molar-refractivity contribution in [1.82, 2.24) is 15.1 Å². The molecule has 0 saturated carbocycles. The molecule has 7 heteroatoms. The van der Waals surface area contributed by atoms with Crippen molar-refractivity contribution in [2.45, 2.75) is 12.8 Å². The molecule has 3 rings (SSSR count). The molecule has 7 nitrogen and oxygen atoms in total. The third kappa shape index (κ3) is 2.83. The Labute approximate surface area is 125 Å². The van der Waals surface area contributed by atoms with Gasteiger partial charge < -0.3 is 9.64 Å². The molecule has 1 amide bonds. The maximum Gasteiger partial charge on any atom is 0.312 e. The summed E-state index contributed by atoms with van der Waals surface area (Å²) in [4.78, 5) is 36.8. The molecule has 0 aliphatic carbocycles. The second-order valence-corrected chi connectivity index (χ2v) is 5.12. The highest BCUT2D eigenvalue weighted by atomic mass is 16.5. The highest BCUT2D eigenvalue weighted by molar-refractivity contribution is 5.87. The Hall–Kier alpha value is -2.70. The van der Waals surface area contributed by atoms with Gasteiger partial charge in [0.1, 0.15) is 0 Å². The summed E-state index contributed by atoms with van der Waals surface area (Å²) in [5.41, 5.74) is 0.122. The number of aromatic amines is 1. The molecule has 1 aliphatic heterocycles. The Bertz CT molecular complexity index is 780. The van der Waals surface area contributed by atoms with Gasteiger partial charge in [-0.05, 0) is 12.5 Å². The number of nitrogens with one attached hydrogen (secondary N) is 1. The Morgan fingerprint density at radius 3 is 2.64 bits per heavy atom. The number of aromatic nitrogens is 2. The molecular formula is C15H15N3O4. The molecule has 1 aliphatic rings. The van der Waals surface area contributed by atoms with Gasteiger partial charge in [0.05, 0.1) is 17.5 Å². The summed E-state index contributed by atoms with van der Waals surface area (Å²) in [7, 11) is 0. The van der Waals surface area contributed by atoms with Gasteiger partial charge in [-0.25, -0.2) is 5.10 Å². The van der Waals surface area contributed by atoms with Crippen molar-refractivity contribution in [1.29, 1.82) is 0 Å². The predicted octanol–water partition coefficient (Wildman–Crippen LogP) is 0.241. The Morgan fingerprint density at radius 1 is 1.23 bits per heavy atom. The Kier molecular flexibility index (Phi) is 3.86. The molecule has 1 saturated heterocycles. The zero-order chi connectivity index (χ0) is 15.5. The van der Waals surface area contributed by atoms with Crippen LogP contribution in [-0.2, 0) is 20.7 Å². The van der Waals surface area contributed by atoms with Gasteiger partial charge in [0.25, 0.3) is 11.5 Å². The molecule has 0 radical (unpaired) electrons. The van der Waals surface area contributed by atoms with Crippen LogP contribution in [0.1, 0.15) is 12.1 Å². The standard InChI is InChI=1S/C15H15N3O4/c19-13(18-6-3-7-18)9-22-14(20)8-12-10-4-1-2-5-11(10)15(21)17-16-12/h1-2,4-5H,3,6-9H2,(H,17,21). The first-order valence-electron chi connectivity index (χ1n) is 7.05. The van der Waals surface area contributed by atoms with Crippen LogP contribution in [0.5, 0.6) is 0 Å². The topological polar surface area (TPSA) is 92.4 Å². The lowest BCUT2D eigenvalue weighted by molar-refractivity contribution is -0.153. The Morgan fingerprint density at radius 2 is 1.95 bits per heavy atom. The largest absolute Gasteiger partial charge is 0.455 e. The van der Waals surface area contributed by atoms with Crippen LogP contribution in [-0.4, -0.2) is 46.7 Å². The second-order valence-electron chi connectivity index (χ2n) is 5.12. The molecular weight excluding hydrogens is 286 g/mol. The van der Waals surface area contributed by atoms with E-state index in [1.54, 1.807) is 29.2 Å². The number of hydrogen-bond acceptors (Lipinski definition) is 5. The smallest absolute Gasteiger partial charge is 0.312 e. The quantitative estimate of drug-likeness (QED) is 0.817. The van der Waals surface area contributed by atoms with E-state index in [0.717, 1.165) is 19.5 Å². The Balaban J connectivity index is 1.67. The van der Waals surface area contributed by atoms with Crippen LogP contribution in [0, 0.1) is 0 Å². The van der Waals surface area contributed by atoms with E-state index >= 15 is 0 Å². The van der Waals surface area contributed by atoms with Gasteiger partial charge in [-0.15, -0.1) is 0 Å². The van der Waals surface area contributed by atoms with Crippen molar-refractivity contribution in [3.05, 3.63) is 40.3 Å². The van der Waals surface area contributed by atoms with E-state index in [2.05, 4.69) is 10.2 Å². The average molecular weight is 301 g/mol. The molecule has 1 N–H and O–H groups in total. The van der Waals surface area contributed by atoms with Crippen LogP contribution in [0.2, 0.25) is 0 Å². The molecule has 0 spiro atoms. The van der Waals surface area contributed by atoms with E-state index < -0.39 is 5.97 Å². The van der Waals surface area contributed by atoms with E-state index in [4.69, 9.17) is 4.74 Å². The molecule has 1 fully saturated rings. The molecule has 2 aromatic rings. The third-order valence-electron chi connectivity index (χ3n) is 3.65. The number of amides is 1. The van der Waals surface area contributed by atoms with Gasteiger partial charge in [0.2, 0.25) is 0 Å². The number of carbonyl (C=O) groups is 2. The van der Waals surface area contributed by atoms with Crippen LogP contribution in [0.3, 0.4) is 0 Å². The zero-order valence-corrected chi connectivity index (χ0v) is 11.9. The first-order chi connectivity index (χ1) is 10.6. The van der Waals surface area contributed by atoms with Crippen LogP contribution >= 0.6 is 0 Å². The van der Waals surface area contributed by atoms with Crippen molar-refractivity contribution in [2.75, 3.05) is 19.7 Å². The van der Waals surface area contributed by atoms with E-state index in [-0.39, 0.29) is 24.5 Å². The normalized spacial score (nSPS) is 13.7. The van der Waals surface area contributed by atoms with E-state index in [0.29, 0.717) is 16.5 Å². The van der Waals surface area contributed by atoms with Gasteiger partial charge in [-0.2, -0.15) is 5.10 Å². The van der Waals surface area contributed by atoms with Gasteiger partial charge in [-0.1, -0.05) is 18.2 Å². The van der Waals surface area contributed by atoms with Crippen molar-refractivity contribution in [2.24, 2.45) is 0 Å².